The lowest BCUT2D eigenvalue weighted by molar-refractivity contribution is 1.08. The standard InChI is InChI=1S/C14H16N2/c15-9-10-5-8-14(16-11-6-7-11)13-4-2-1-3-12(10)13/h1-5,8,11,16H,6-7,9,15H2. The van der Waals surface area contributed by atoms with E-state index in [4.69, 9.17) is 5.73 Å². The molecule has 0 saturated heterocycles. The van der Waals surface area contributed by atoms with Gasteiger partial charge in [0.2, 0.25) is 0 Å². The molecular formula is C14H16N2. The van der Waals surface area contributed by atoms with E-state index in [0.717, 1.165) is 0 Å². The molecule has 0 heterocycles. The van der Waals surface area contributed by atoms with Crippen molar-refractivity contribution in [1.29, 1.82) is 0 Å². The second kappa shape index (κ2) is 3.80. The molecule has 1 saturated carbocycles. The maximum absolute atomic E-state index is 5.76. The Labute approximate surface area is 95.5 Å². The topological polar surface area (TPSA) is 38.0 Å². The van der Waals surface area contributed by atoms with Gasteiger partial charge in [-0.1, -0.05) is 30.3 Å². The molecule has 1 fully saturated rings. The molecule has 0 spiro atoms. The molecule has 1 aliphatic carbocycles. The Hall–Kier alpha value is -1.54. The van der Waals surface area contributed by atoms with Gasteiger partial charge in [0.25, 0.3) is 0 Å². The summed E-state index contributed by atoms with van der Waals surface area (Å²) in [6.45, 7) is 0.601. The molecule has 0 aromatic heterocycles. The van der Waals surface area contributed by atoms with Crippen molar-refractivity contribution >= 4 is 16.5 Å². The summed E-state index contributed by atoms with van der Waals surface area (Å²) in [5, 5.41) is 6.13. The summed E-state index contributed by atoms with van der Waals surface area (Å²) >= 11 is 0. The van der Waals surface area contributed by atoms with Crippen LogP contribution in [0, 0.1) is 0 Å². The third kappa shape index (κ3) is 1.65. The number of fused-ring (bicyclic) bond motifs is 1. The van der Waals surface area contributed by atoms with Crippen LogP contribution in [0.4, 0.5) is 5.69 Å². The molecule has 2 heteroatoms. The van der Waals surface area contributed by atoms with Gasteiger partial charge in [0.1, 0.15) is 0 Å². The van der Waals surface area contributed by atoms with Crippen molar-refractivity contribution in [3.8, 4) is 0 Å². The molecule has 82 valence electrons. The maximum atomic E-state index is 5.76. The van der Waals surface area contributed by atoms with Gasteiger partial charge in [-0.05, 0) is 29.9 Å². The van der Waals surface area contributed by atoms with E-state index < -0.39 is 0 Å². The number of nitrogens with two attached hydrogens (primary N) is 1. The molecule has 0 bridgehead atoms. The summed E-state index contributed by atoms with van der Waals surface area (Å²) in [6, 6.07) is 13.4. The first-order chi connectivity index (χ1) is 7.88. The van der Waals surface area contributed by atoms with E-state index in [0.29, 0.717) is 12.6 Å². The molecule has 2 nitrogen and oxygen atoms in total. The monoisotopic (exact) mass is 212 g/mol. The molecule has 0 atom stereocenters. The van der Waals surface area contributed by atoms with Crippen molar-refractivity contribution in [2.45, 2.75) is 25.4 Å². The number of hydrogen-bond donors (Lipinski definition) is 2. The minimum atomic E-state index is 0.601. The predicted octanol–water partition coefficient (Wildman–Crippen LogP) is 2.87. The number of benzene rings is 2. The second-order valence-electron chi connectivity index (χ2n) is 4.44. The van der Waals surface area contributed by atoms with Crippen molar-refractivity contribution in [1.82, 2.24) is 0 Å². The normalized spacial score (nSPS) is 15.3. The van der Waals surface area contributed by atoms with Gasteiger partial charge in [0.15, 0.2) is 0 Å². The number of hydrogen-bond acceptors (Lipinski definition) is 2. The zero-order valence-corrected chi connectivity index (χ0v) is 9.24. The van der Waals surface area contributed by atoms with Crippen LogP contribution in [0.2, 0.25) is 0 Å². The van der Waals surface area contributed by atoms with Crippen molar-refractivity contribution < 1.29 is 0 Å². The largest absolute Gasteiger partial charge is 0.382 e. The molecule has 2 aromatic carbocycles. The minimum absolute atomic E-state index is 0.601. The average molecular weight is 212 g/mol. The summed E-state index contributed by atoms with van der Waals surface area (Å²) in [7, 11) is 0. The highest BCUT2D eigenvalue weighted by Gasteiger charge is 2.21. The van der Waals surface area contributed by atoms with Gasteiger partial charge >= 0.3 is 0 Å². The zero-order valence-electron chi connectivity index (χ0n) is 9.24. The highest BCUT2D eigenvalue weighted by atomic mass is 15.0. The quantitative estimate of drug-likeness (QED) is 0.821. The van der Waals surface area contributed by atoms with Crippen molar-refractivity contribution in [3.05, 3.63) is 42.0 Å². The van der Waals surface area contributed by atoms with Crippen molar-refractivity contribution in [2.75, 3.05) is 5.32 Å². The van der Waals surface area contributed by atoms with Gasteiger partial charge in [0.05, 0.1) is 0 Å². The van der Waals surface area contributed by atoms with Crippen molar-refractivity contribution in [2.24, 2.45) is 5.73 Å². The van der Waals surface area contributed by atoms with Crippen LogP contribution in [0.1, 0.15) is 18.4 Å². The Kier molecular flexibility index (Phi) is 2.29. The Balaban J connectivity index is 2.14. The predicted molar refractivity (Wildman–Crippen MR) is 68.5 cm³/mol. The smallest absolute Gasteiger partial charge is 0.0422 e. The van der Waals surface area contributed by atoms with Gasteiger partial charge in [-0.15, -0.1) is 0 Å². The van der Waals surface area contributed by atoms with E-state index in [1.165, 1.54) is 34.9 Å². The number of anilines is 1. The minimum Gasteiger partial charge on any atom is -0.382 e. The third-order valence-corrected chi connectivity index (χ3v) is 3.17. The zero-order chi connectivity index (χ0) is 11.0. The van der Waals surface area contributed by atoms with Gasteiger partial charge in [-0.2, -0.15) is 0 Å². The van der Waals surface area contributed by atoms with E-state index in [-0.39, 0.29) is 0 Å². The van der Waals surface area contributed by atoms with Crippen LogP contribution in [-0.2, 0) is 6.54 Å². The highest BCUT2D eigenvalue weighted by molar-refractivity contribution is 5.96. The van der Waals surface area contributed by atoms with Gasteiger partial charge in [-0.25, -0.2) is 0 Å². The first-order valence-corrected chi connectivity index (χ1v) is 5.86. The van der Waals surface area contributed by atoms with E-state index in [9.17, 15) is 0 Å². The maximum Gasteiger partial charge on any atom is 0.0422 e. The van der Waals surface area contributed by atoms with Crippen LogP contribution in [0.15, 0.2) is 36.4 Å². The molecule has 2 aromatic rings. The fraction of sp³-hybridized carbons (Fsp3) is 0.286. The Morgan fingerprint density at radius 3 is 2.50 bits per heavy atom. The summed E-state index contributed by atoms with van der Waals surface area (Å²) in [5.74, 6) is 0. The molecule has 0 amide bonds. The molecule has 0 radical (unpaired) electrons. The summed E-state index contributed by atoms with van der Waals surface area (Å²) < 4.78 is 0. The van der Waals surface area contributed by atoms with Crippen molar-refractivity contribution in [3.63, 3.8) is 0 Å². The fourth-order valence-electron chi connectivity index (χ4n) is 2.11. The average Bonchev–Trinajstić information content (AvgIpc) is 3.14. The summed E-state index contributed by atoms with van der Waals surface area (Å²) in [6.07, 6.45) is 2.60. The highest BCUT2D eigenvalue weighted by Crippen LogP contribution is 2.31. The first kappa shape index (κ1) is 9.67. The third-order valence-electron chi connectivity index (χ3n) is 3.17. The van der Waals surface area contributed by atoms with Gasteiger partial charge in [0, 0.05) is 23.7 Å². The molecule has 3 N–H and O–H groups in total. The Morgan fingerprint density at radius 2 is 1.81 bits per heavy atom. The lowest BCUT2D eigenvalue weighted by Crippen LogP contribution is -2.03. The molecule has 0 unspecified atom stereocenters. The summed E-state index contributed by atoms with van der Waals surface area (Å²) in [5.41, 5.74) is 8.22. The summed E-state index contributed by atoms with van der Waals surface area (Å²) in [4.78, 5) is 0. The van der Waals surface area contributed by atoms with E-state index in [2.05, 4.69) is 41.7 Å². The lowest BCUT2D eigenvalue weighted by atomic mass is 10.0. The van der Waals surface area contributed by atoms with E-state index >= 15 is 0 Å². The van der Waals surface area contributed by atoms with Gasteiger partial charge in [-0.3, -0.25) is 0 Å². The number of rotatable bonds is 3. The molecule has 0 aliphatic heterocycles. The Bertz CT molecular complexity index is 515. The van der Waals surface area contributed by atoms with Crippen LogP contribution in [0.25, 0.3) is 10.8 Å². The lowest BCUT2D eigenvalue weighted by Gasteiger charge is -2.11. The van der Waals surface area contributed by atoms with E-state index in [1.54, 1.807) is 0 Å². The van der Waals surface area contributed by atoms with Crippen LogP contribution in [0.5, 0.6) is 0 Å². The van der Waals surface area contributed by atoms with Crippen LogP contribution >= 0.6 is 0 Å². The number of nitrogens with one attached hydrogen (secondary N) is 1. The molecule has 1 aliphatic rings. The van der Waals surface area contributed by atoms with Crippen LogP contribution in [-0.4, -0.2) is 6.04 Å². The second-order valence-corrected chi connectivity index (χ2v) is 4.44. The SMILES string of the molecule is NCc1ccc(NC2CC2)c2ccccc12. The van der Waals surface area contributed by atoms with Crippen LogP contribution < -0.4 is 11.1 Å². The van der Waals surface area contributed by atoms with Crippen LogP contribution in [0.3, 0.4) is 0 Å². The molecule has 16 heavy (non-hydrogen) atoms. The fourth-order valence-corrected chi connectivity index (χ4v) is 2.11. The van der Waals surface area contributed by atoms with E-state index in [1.807, 2.05) is 0 Å². The first-order valence-electron chi connectivity index (χ1n) is 5.86. The van der Waals surface area contributed by atoms with Gasteiger partial charge < -0.3 is 11.1 Å². The molecular weight excluding hydrogens is 196 g/mol. The Morgan fingerprint density at radius 1 is 1.06 bits per heavy atom. The molecule has 3 rings (SSSR count).